The minimum absolute atomic E-state index is 0.297. The van der Waals surface area contributed by atoms with E-state index < -0.39 is 0 Å². The zero-order chi connectivity index (χ0) is 16.6. The Morgan fingerprint density at radius 1 is 1.25 bits per heavy atom. The Kier molecular flexibility index (Phi) is 4.25. The van der Waals surface area contributed by atoms with Crippen molar-refractivity contribution >= 4 is 0 Å². The van der Waals surface area contributed by atoms with Crippen molar-refractivity contribution in [2.24, 2.45) is 17.8 Å². The highest BCUT2D eigenvalue weighted by Gasteiger charge is 2.44. The van der Waals surface area contributed by atoms with Crippen LogP contribution in [0.4, 0.5) is 0 Å². The molecule has 4 atom stereocenters. The highest BCUT2D eigenvalue weighted by Crippen LogP contribution is 2.48. The molecule has 4 rings (SSSR count). The van der Waals surface area contributed by atoms with E-state index in [1.165, 1.54) is 38.5 Å². The first-order valence-corrected chi connectivity index (χ1v) is 9.40. The van der Waals surface area contributed by atoms with Crippen molar-refractivity contribution < 1.29 is 8.94 Å². The van der Waals surface area contributed by atoms with Gasteiger partial charge in [0.05, 0.1) is 12.0 Å². The SMILES string of the molecule is CCC1CC2CC(C)CC(NCc3cc(-c4ccco4)on3)(C1)C2. The fourth-order valence-corrected chi connectivity index (χ4v) is 5.23. The summed E-state index contributed by atoms with van der Waals surface area (Å²) in [5.41, 5.74) is 1.26. The molecule has 24 heavy (non-hydrogen) atoms. The quantitative estimate of drug-likeness (QED) is 0.837. The van der Waals surface area contributed by atoms with E-state index in [9.17, 15) is 0 Å². The smallest absolute Gasteiger partial charge is 0.202 e. The van der Waals surface area contributed by atoms with Crippen LogP contribution in [-0.4, -0.2) is 10.7 Å². The van der Waals surface area contributed by atoms with Crippen LogP contribution in [0.15, 0.2) is 33.4 Å². The topological polar surface area (TPSA) is 51.2 Å². The van der Waals surface area contributed by atoms with Crippen molar-refractivity contribution in [3.8, 4) is 11.5 Å². The largest absolute Gasteiger partial charge is 0.461 e. The summed E-state index contributed by atoms with van der Waals surface area (Å²) in [6.45, 7) is 5.54. The van der Waals surface area contributed by atoms with Crippen molar-refractivity contribution in [2.45, 2.75) is 64.5 Å². The molecule has 2 aromatic heterocycles. The molecule has 0 radical (unpaired) electrons. The molecule has 0 saturated heterocycles. The second-order valence-corrected chi connectivity index (χ2v) is 8.12. The van der Waals surface area contributed by atoms with E-state index in [-0.39, 0.29) is 0 Å². The third-order valence-corrected chi connectivity index (χ3v) is 6.05. The molecular formula is C20H28N2O2. The van der Waals surface area contributed by atoms with Crippen LogP contribution < -0.4 is 5.32 Å². The summed E-state index contributed by atoms with van der Waals surface area (Å²) in [5.74, 6) is 4.04. The van der Waals surface area contributed by atoms with Crippen LogP contribution in [-0.2, 0) is 6.54 Å². The number of furan rings is 1. The average molecular weight is 328 g/mol. The fraction of sp³-hybridized carbons (Fsp3) is 0.650. The second-order valence-electron chi connectivity index (χ2n) is 8.12. The molecule has 4 nitrogen and oxygen atoms in total. The van der Waals surface area contributed by atoms with Gasteiger partial charge in [-0.25, -0.2) is 0 Å². The molecule has 0 aliphatic heterocycles. The lowest BCUT2D eigenvalue weighted by Crippen LogP contribution is -2.54. The number of rotatable bonds is 5. The monoisotopic (exact) mass is 328 g/mol. The van der Waals surface area contributed by atoms with Crippen molar-refractivity contribution in [3.05, 3.63) is 30.2 Å². The van der Waals surface area contributed by atoms with Crippen LogP contribution in [0.3, 0.4) is 0 Å². The lowest BCUT2D eigenvalue weighted by molar-refractivity contribution is 0.0471. The van der Waals surface area contributed by atoms with Crippen molar-refractivity contribution in [1.82, 2.24) is 10.5 Å². The second kappa shape index (κ2) is 6.40. The zero-order valence-corrected chi connectivity index (χ0v) is 14.8. The number of nitrogens with one attached hydrogen (secondary N) is 1. The zero-order valence-electron chi connectivity index (χ0n) is 14.8. The number of hydrogen-bond acceptors (Lipinski definition) is 4. The van der Waals surface area contributed by atoms with Gasteiger partial charge in [-0.2, -0.15) is 0 Å². The van der Waals surface area contributed by atoms with Gasteiger partial charge in [-0.05, 0) is 62.0 Å². The van der Waals surface area contributed by atoms with Gasteiger partial charge in [0.15, 0.2) is 5.76 Å². The maximum absolute atomic E-state index is 5.43. The molecule has 2 saturated carbocycles. The molecule has 2 bridgehead atoms. The normalized spacial score (nSPS) is 32.8. The third kappa shape index (κ3) is 3.16. The lowest BCUT2D eigenvalue weighted by Gasteiger charge is -2.51. The summed E-state index contributed by atoms with van der Waals surface area (Å²) in [4.78, 5) is 0. The van der Waals surface area contributed by atoms with E-state index in [2.05, 4.69) is 24.3 Å². The fourth-order valence-electron chi connectivity index (χ4n) is 5.23. The van der Waals surface area contributed by atoms with Gasteiger partial charge < -0.3 is 14.3 Å². The summed E-state index contributed by atoms with van der Waals surface area (Å²) < 4.78 is 10.8. The molecule has 0 aromatic carbocycles. The van der Waals surface area contributed by atoms with Gasteiger partial charge in [-0.15, -0.1) is 0 Å². The van der Waals surface area contributed by atoms with Crippen molar-refractivity contribution in [2.75, 3.05) is 0 Å². The van der Waals surface area contributed by atoms with E-state index in [4.69, 9.17) is 8.94 Å². The molecule has 2 aromatic rings. The van der Waals surface area contributed by atoms with Crippen LogP contribution in [0.5, 0.6) is 0 Å². The number of aromatic nitrogens is 1. The van der Waals surface area contributed by atoms with Crippen LogP contribution in [0.1, 0.15) is 58.1 Å². The summed E-state index contributed by atoms with van der Waals surface area (Å²) >= 11 is 0. The van der Waals surface area contributed by atoms with Gasteiger partial charge in [0.2, 0.25) is 5.76 Å². The highest BCUT2D eigenvalue weighted by molar-refractivity contribution is 5.49. The van der Waals surface area contributed by atoms with E-state index >= 15 is 0 Å². The highest BCUT2D eigenvalue weighted by atomic mass is 16.5. The van der Waals surface area contributed by atoms with Crippen LogP contribution in [0.25, 0.3) is 11.5 Å². The summed E-state index contributed by atoms with van der Waals surface area (Å²) in [6.07, 6.45) is 9.74. The summed E-state index contributed by atoms with van der Waals surface area (Å²) in [5, 5.41) is 8.10. The molecule has 2 fully saturated rings. The van der Waals surface area contributed by atoms with E-state index in [0.29, 0.717) is 11.3 Å². The van der Waals surface area contributed by atoms with Gasteiger partial charge in [-0.3, -0.25) is 0 Å². The van der Waals surface area contributed by atoms with Gasteiger partial charge >= 0.3 is 0 Å². The average Bonchev–Trinajstić information content (AvgIpc) is 3.23. The summed E-state index contributed by atoms with van der Waals surface area (Å²) in [6, 6.07) is 5.76. The van der Waals surface area contributed by atoms with Gasteiger partial charge in [0, 0.05) is 18.2 Å². The minimum atomic E-state index is 0.297. The Labute approximate surface area is 144 Å². The van der Waals surface area contributed by atoms with Gasteiger partial charge in [0.25, 0.3) is 0 Å². The maximum Gasteiger partial charge on any atom is 0.202 e. The molecule has 2 aliphatic rings. The first-order valence-electron chi connectivity index (χ1n) is 9.40. The molecule has 2 heterocycles. The molecule has 1 N–H and O–H groups in total. The third-order valence-electron chi connectivity index (χ3n) is 6.05. The number of fused-ring (bicyclic) bond motifs is 2. The van der Waals surface area contributed by atoms with Crippen molar-refractivity contribution in [3.63, 3.8) is 0 Å². The Morgan fingerprint density at radius 3 is 2.96 bits per heavy atom. The Hall–Kier alpha value is -1.55. The van der Waals surface area contributed by atoms with E-state index in [0.717, 1.165) is 35.8 Å². The molecule has 0 amide bonds. The number of nitrogens with zero attached hydrogens (tertiary/aromatic N) is 1. The first-order chi connectivity index (χ1) is 11.7. The van der Waals surface area contributed by atoms with Gasteiger partial charge in [-0.1, -0.05) is 25.4 Å². The minimum Gasteiger partial charge on any atom is -0.461 e. The van der Waals surface area contributed by atoms with Crippen LogP contribution >= 0.6 is 0 Å². The molecule has 130 valence electrons. The predicted octanol–water partition coefficient (Wildman–Crippen LogP) is 5.02. The Balaban J connectivity index is 1.45. The standard InChI is InChI=1S/C20H28N2O2/c1-3-15-8-16-7-14(2)10-20(11-15,12-16)21-13-17-9-19(24-22-17)18-5-4-6-23-18/h4-6,9,14-16,21H,3,7-8,10-13H2,1-2H3. The Bertz CT molecular complexity index is 659. The Morgan fingerprint density at radius 2 is 2.17 bits per heavy atom. The molecule has 0 spiro atoms. The van der Waals surface area contributed by atoms with Gasteiger partial charge in [0.1, 0.15) is 0 Å². The molecule has 2 aliphatic carbocycles. The molecule has 4 unspecified atom stereocenters. The van der Waals surface area contributed by atoms with Crippen LogP contribution in [0, 0.1) is 17.8 Å². The van der Waals surface area contributed by atoms with Crippen LogP contribution in [0.2, 0.25) is 0 Å². The van der Waals surface area contributed by atoms with Crippen molar-refractivity contribution in [1.29, 1.82) is 0 Å². The van der Waals surface area contributed by atoms with E-state index in [1.54, 1.807) is 6.26 Å². The predicted molar refractivity (Wildman–Crippen MR) is 93.3 cm³/mol. The molecular weight excluding hydrogens is 300 g/mol. The lowest BCUT2D eigenvalue weighted by atomic mass is 9.60. The first kappa shape index (κ1) is 15.9. The molecule has 4 heteroatoms. The summed E-state index contributed by atoms with van der Waals surface area (Å²) in [7, 11) is 0. The maximum atomic E-state index is 5.43. The number of hydrogen-bond donors (Lipinski definition) is 1. The van der Waals surface area contributed by atoms with E-state index in [1.807, 2.05) is 18.2 Å².